The lowest BCUT2D eigenvalue weighted by Gasteiger charge is -2.13. The number of hydrogen-bond acceptors (Lipinski definition) is 2. The van der Waals surface area contributed by atoms with E-state index in [1.165, 1.54) is 4.90 Å². The number of guanidine groups is 1. The molecule has 1 amide bonds. The van der Waals surface area contributed by atoms with Crippen molar-refractivity contribution in [1.82, 2.24) is 15.5 Å². The Morgan fingerprint density at radius 3 is 2.35 bits per heavy atom. The highest BCUT2D eigenvalue weighted by Crippen LogP contribution is 2.24. The lowest BCUT2D eigenvalue weighted by molar-refractivity contribution is -0.127. The summed E-state index contributed by atoms with van der Waals surface area (Å²) in [6, 6.07) is 5.45. The topological polar surface area (TPSA) is 56.7 Å². The predicted molar refractivity (Wildman–Crippen MR) is 108 cm³/mol. The van der Waals surface area contributed by atoms with E-state index < -0.39 is 0 Å². The smallest absolute Gasteiger partial charge is 0.243 e. The first-order chi connectivity index (χ1) is 10.5. The standard InChI is InChI=1S/C15H22Cl2N4O.HI/c1-4-18-15(20-10-14(22)21(2)3)19-9-8-11-12(16)6-5-7-13(11)17;/h5-7H,4,8-10H2,1-3H3,(H2,18,19,20);1H. The van der Waals surface area contributed by atoms with Crippen LogP contribution in [0.4, 0.5) is 0 Å². The number of likely N-dealkylation sites (N-methyl/N-ethyl adjacent to an activating group) is 1. The number of nitrogens with zero attached hydrogens (tertiary/aromatic N) is 2. The van der Waals surface area contributed by atoms with Gasteiger partial charge < -0.3 is 15.5 Å². The molecule has 0 saturated heterocycles. The number of amides is 1. The molecular weight excluding hydrogens is 450 g/mol. The normalized spacial score (nSPS) is 10.7. The first-order valence-electron chi connectivity index (χ1n) is 7.11. The predicted octanol–water partition coefficient (Wildman–Crippen LogP) is 2.80. The van der Waals surface area contributed by atoms with Gasteiger partial charge in [-0.25, -0.2) is 4.99 Å². The molecule has 8 heteroatoms. The minimum atomic E-state index is -0.0497. The van der Waals surface area contributed by atoms with Gasteiger partial charge >= 0.3 is 0 Å². The van der Waals surface area contributed by atoms with Crippen molar-refractivity contribution in [3.63, 3.8) is 0 Å². The summed E-state index contributed by atoms with van der Waals surface area (Å²) in [5.74, 6) is 0.548. The van der Waals surface area contributed by atoms with Gasteiger partial charge in [0, 0.05) is 37.2 Å². The van der Waals surface area contributed by atoms with Gasteiger partial charge in [0.25, 0.3) is 0 Å². The Kier molecular flexibility index (Phi) is 11.4. The van der Waals surface area contributed by atoms with Gasteiger partial charge in [-0.15, -0.1) is 24.0 Å². The van der Waals surface area contributed by atoms with Crippen LogP contribution in [0.2, 0.25) is 10.0 Å². The van der Waals surface area contributed by atoms with Crippen LogP contribution in [0.15, 0.2) is 23.2 Å². The maximum absolute atomic E-state index is 11.6. The third kappa shape index (κ3) is 8.08. The van der Waals surface area contributed by atoms with Gasteiger partial charge in [-0.05, 0) is 31.0 Å². The molecule has 0 fully saturated rings. The number of halogens is 3. The van der Waals surface area contributed by atoms with Gasteiger partial charge in [-0.3, -0.25) is 4.79 Å². The minimum Gasteiger partial charge on any atom is -0.357 e. The monoisotopic (exact) mass is 472 g/mol. The van der Waals surface area contributed by atoms with E-state index in [0.717, 1.165) is 12.1 Å². The van der Waals surface area contributed by atoms with Crippen molar-refractivity contribution >= 4 is 59.0 Å². The molecule has 0 aliphatic heterocycles. The molecular formula is C15H23Cl2IN4O. The number of nitrogens with one attached hydrogen (secondary N) is 2. The molecule has 0 aliphatic rings. The largest absolute Gasteiger partial charge is 0.357 e. The molecule has 0 aromatic heterocycles. The van der Waals surface area contributed by atoms with E-state index in [1.54, 1.807) is 14.1 Å². The van der Waals surface area contributed by atoms with E-state index in [4.69, 9.17) is 23.2 Å². The molecule has 0 saturated carbocycles. The number of carbonyl (C=O) groups is 1. The van der Waals surface area contributed by atoms with Crippen molar-refractivity contribution in [1.29, 1.82) is 0 Å². The van der Waals surface area contributed by atoms with Gasteiger partial charge in [-0.1, -0.05) is 29.3 Å². The maximum atomic E-state index is 11.6. The van der Waals surface area contributed by atoms with Crippen LogP contribution >= 0.6 is 47.2 Å². The summed E-state index contributed by atoms with van der Waals surface area (Å²) in [4.78, 5) is 17.3. The van der Waals surface area contributed by atoms with Crippen molar-refractivity contribution in [3.8, 4) is 0 Å². The molecule has 0 bridgehead atoms. The third-order valence-corrected chi connectivity index (χ3v) is 3.65. The second kappa shape index (κ2) is 11.8. The second-order valence-corrected chi connectivity index (χ2v) is 5.67. The van der Waals surface area contributed by atoms with E-state index >= 15 is 0 Å². The van der Waals surface area contributed by atoms with E-state index in [1.807, 2.05) is 25.1 Å². The fourth-order valence-corrected chi connectivity index (χ4v) is 2.29. The summed E-state index contributed by atoms with van der Waals surface area (Å²) >= 11 is 12.3. The van der Waals surface area contributed by atoms with Crippen molar-refractivity contribution in [2.24, 2.45) is 4.99 Å². The van der Waals surface area contributed by atoms with Crippen molar-refractivity contribution in [2.45, 2.75) is 13.3 Å². The minimum absolute atomic E-state index is 0. The zero-order valence-electron chi connectivity index (χ0n) is 13.5. The number of aliphatic imine (C=N–C) groups is 1. The SMILES string of the molecule is CCNC(=NCC(=O)N(C)C)NCCc1c(Cl)cccc1Cl.I. The highest BCUT2D eigenvalue weighted by molar-refractivity contribution is 14.0. The average Bonchev–Trinajstić information content (AvgIpc) is 2.47. The van der Waals surface area contributed by atoms with E-state index in [-0.39, 0.29) is 36.4 Å². The molecule has 0 heterocycles. The van der Waals surface area contributed by atoms with Crippen LogP contribution in [0.25, 0.3) is 0 Å². The fourth-order valence-electron chi connectivity index (χ4n) is 1.71. The van der Waals surface area contributed by atoms with E-state index in [2.05, 4.69) is 15.6 Å². The molecule has 1 aromatic carbocycles. The molecule has 1 aromatic rings. The van der Waals surface area contributed by atoms with E-state index in [0.29, 0.717) is 29.0 Å². The molecule has 0 radical (unpaired) electrons. The molecule has 0 unspecified atom stereocenters. The molecule has 1 rings (SSSR count). The Morgan fingerprint density at radius 1 is 1.22 bits per heavy atom. The number of carbonyl (C=O) groups excluding carboxylic acids is 1. The molecule has 0 spiro atoms. The molecule has 130 valence electrons. The Hall–Kier alpha value is -0.730. The van der Waals surface area contributed by atoms with Gasteiger partial charge in [0.05, 0.1) is 0 Å². The zero-order valence-corrected chi connectivity index (χ0v) is 17.4. The molecule has 0 aliphatic carbocycles. The fraction of sp³-hybridized carbons (Fsp3) is 0.467. The van der Waals surface area contributed by atoms with Crippen LogP contribution in [0.1, 0.15) is 12.5 Å². The quantitative estimate of drug-likeness (QED) is 0.380. The zero-order chi connectivity index (χ0) is 16.5. The highest BCUT2D eigenvalue weighted by Gasteiger charge is 2.07. The Morgan fingerprint density at radius 2 is 1.83 bits per heavy atom. The summed E-state index contributed by atoms with van der Waals surface area (Å²) in [6.45, 7) is 3.41. The van der Waals surface area contributed by atoms with Gasteiger partial charge in [0.1, 0.15) is 6.54 Å². The van der Waals surface area contributed by atoms with E-state index in [9.17, 15) is 4.79 Å². The summed E-state index contributed by atoms with van der Waals surface area (Å²) in [5, 5.41) is 7.57. The van der Waals surface area contributed by atoms with Crippen molar-refractivity contribution in [3.05, 3.63) is 33.8 Å². The van der Waals surface area contributed by atoms with Gasteiger partial charge in [0.2, 0.25) is 5.91 Å². The summed E-state index contributed by atoms with van der Waals surface area (Å²) in [6.07, 6.45) is 0.671. The van der Waals surface area contributed by atoms with Crippen LogP contribution in [0, 0.1) is 0 Å². The first kappa shape index (κ1) is 22.3. The number of benzene rings is 1. The second-order valence-electron chi connectivity index (χ2n) is 4.86. The lowest BCUT2D eigenvalue weighted by atomic mass is 10.1. The Balaban J connectivity index is 0.00000484. The van der Waals surface area contributed by atoms with Crippen molar-refractivity contribution in [2.75, 3.05) is 33.7 Å². The van der Waals surface area contributed by atoms with Crippen LogP contribution in [0.3, 0.4) is 0 Å². The summed E-state index contributed by atoms with van der Waals surface area (Å²) in [7, 11) is 3.41. The molecule has 5 nitrogen and oxygen atoms in total. The van der Waals surface area contributed by atoms with Gasteiger partial charge in [0.15, 0.2) is 5.96 Å². The highest BCUT2D eigenvalue weighted by atomic mass is 127. The van der Waals surface area contributed by atoms with Gasteiger partial charge in [-0.2, -0.15) is 0 Å². The average molecular weight is 473 g/mol. The summed E-state index contributed by atoms with van der Waals surface area (Å²) < 4.78 is 0. The first-order valence-corrected chi connectivity index (χ1v) is 7.86. The lowest BCUT2D eigenvalue weighted by Crippen LogP contribution is -2.39. The number of hydrogen-bond donors (Lipinski definition) is 2. The third-order valence-electron chi connectivity index (χ3n) is 2.94. The molecule has 0 atom stereocenters. The maximum Gasteiger partial charge on any atom is 0.243 e. The Bertz CT molecular complexity index is 518. The van der Waals surface area contributed by atoms with Crippen LogP contribution in [-0.2, 0) is 11.2 Å². The molecule has 2 N–H and O–H groups in total. The van der Waals surface area contributed by atoms with Crippen LogP contribution in [0.5, 0.6) is 0 Å². The van der Waals surface area contributed by atoms with Crippen LogP contribution in [-0.4, -0.2) is 50.5 Å². The van der Waals surface area contributed by atoms with Crippen molar-refractivity contribution < 1.29 is 4.79 Å². The summed E-state index contributed by atoms with van der Waals surface area (Å²) in [5.41, 5.74) is 0.901. The molecule has 23 heavy (non-hydrogen) atoms. The number of rotatable bonds is 6. The van der Waals surface area contributed by atoms with Crippen LogP contribution < -0.4 is 10.6 Å². The Labute approximate surface area is 164 Å².